The molecule has 2 N–H and O–H groups in total. The van der Waals surface area contributed by atoms with Gasteiger partial charge in [-0.05, 0) is 30.5 Å². The highest BCUT2D eigenvalue weighted by atomic mass is 32.2. The Morgan fingerprint density at radius 1 is 1.39 bits per heavy atom. The van der Waals surface area contributed by atoms with Crippen LogP contribution in [0.5, 0.6) is 0 Å². The Bertz CT molecular complexity index is 548. The van der Waals surface area contributed by atoms with Crippen molar-refractivity contribution < 1.29 is 23.4 Å². The van der Waals surface area contributed by atoms with E-state index in [9.17, 15) is 13.2 Å². The van der Waals surface area contributed by atoms with Gasteiger partial charge >= 0.3 is 5.97 Å². The average Bonchev–Trinajstić information content (AvgIpc) is 2.27. The van der Waals surface area contributed by atoms with Crippen LogP contribution in [0.25, 0.3) is 0 Å². The second-order valence-corrected chi connectivity index (χ2v) is 6.31. The number of aliphatic hydroxyl groups is 1. The highest BCUT2D eigenvalue weighted by Crippen LogP contribution is 2.21. The van der Waals surface area contributed by atoms with Crippen molar-refractivity contribution in [3.63, 3.8) is 0 Å². The minimum atomic E-state index is -3.58. The first kappa shape index (κ1) is 14.7. The van der Waals surface area contributed by atoms with Crippen molar-refractivity contribution in [3.05, 3.63) is 29.3 Å². The van der Waals surface area contributed by atoms with E-state index in [2.05, 4.69) is 0 Å². The molecule has 0 saturated carbocycles. The molecule has 0 aromatic heterocycles. The lowest BCUT2D eigenvalue weighted by Gasteiger charge is -2.12. The van der Waals surface area contributed by atoms with Gasteiger partial charge in [0.25, 0.3) is 0 Å². The maximum Gasteiger partial charge on any atom is 0.335 e. The molecule has 0 amide bonds. The minimum absolute atomic E-state index is 0.0164. The number of benzene rings is 1. The van der Waals surface area contributed by atoms with Crippen molar-refractivity contribution in [1.29, 1.82) is 0 Å². The Kier molecular flexibility index (Phi) is 4.48. The molecular formula is C12H16O5S. The Labute approximate surface area is 106 Å². The van der Waals surface area contributed by atoms with Crippen molar-refractivity contribution in [3.8, 4) is 0 Å². The summed E-state index contributed by atoms with van der Waals surface area (Å²) in [5.74, 6) is -1.74. The first-order valence-electron chi connectivity index (χ1n) is 5.46. The van der Waals surface area contributed by atoms with E-state index in [4.69, 9.17) is 10.2 Å². The predicted octanol–water partition coefficient (Wildman–Crippen LogP) is 1.10. The molecule has 0 aliphatic carbocycles. The normalized spacial score (nSPS) is 13.3. The van der Waals surface area contributed by atoms with Crippen LogP contribution < -0.4 is 0 Å². The summed E-state index contributed by atoms with van der Waals surface area (Å²) in [6, 6.07) is 4.17. The largest absolute Gasteiger partial charge is 0.478 e. The van der Waals surface area contributed by atoms with Gasteiger partial charge in [-0.25, -0.2) is 13.2 Å². The highest BCUT2D eigenvalue weighted by molar-refractivity contribution is 7.91. The summed E-state index contributed by atoms with van der Waals surface area (Å²) in [5.41, 5.74) is 0.211. The van der Waals surface area contributed by atoms with E-state index in [1.807, 2.05) is 0 Å². The number of carboxylic acid groups (broad SMARTS) is 1. The summed E-state index contributed by atoms with van der Waals surface area (Å²) in [6.07, 6.45) is 0. The zero-order valence-electron chi connectivity index (χ0n) is 10.3. The third-order valence-electron chi connectivity index (χ3n) is 2.67. The van der Waals surface area contributed by atoms with Crippen molar-refractivity contribution in [1.82, 2.24) is 0 Å². The second kappa shape index (κ2) is 5.49. The van der Waals surface area contributed by atoms with Gasteiger partial charge in [0.2, 0.25) is 0 Å². The summed E-state index contributed by atoms with van der Waals surface area (Å²) in [7, 11) is -3.58. The fourth-order valence-corrected chi connectivity index (χ4v) is 3.60. The van der Waals surface area contributed by atoms with E-state index >= 15 is 0 Å². The second-order valence-electron chi connectivity index (χ2n) is 4.30. The average molecular weight is 272 g/mol. The molecule has 1 aromatic rings. The number of aromatic carboxylic acids is 1. The van der Waals surface area contributed by atoms with Gasteiger partial charge in [-0.1, -0.05) is 13.0 Å². The van der Waals surface area contributed by atoms with Crippen LogP contribution in [0, 0.1) is 12.8 Å². The Morgan fingerprint density at radius 3 is 2.50 bits per heavy atom. The van der Waals surface area contributed by atoms with Crippen LogP contribution in [-0.4, -0.2) is 37.0 Å². The first-order valence-corrected chi connectivity index (χ1v) is 7.11. The summed E-state index contributed by atoms with van der Waals surface area (Å²) in [6.45, 7) is 2.87. The lowest BCUT2D eigenvalue weighted by Crippen LogP contribution is -2.18. The van der Waals surface area contributed by atoms with Crippen LogP contribution in [-0.2, 0) is 9.84 Å². The van der Waals surface area contributed by atoms with Crippen LogP contribution in [0.3, 0.4) is 0 Å². The number of sulfone groups is 1. The number of carboxylic acids is 1. The SMILES string of the molecule is Cc1c(C(=O)O)cccc1S(=O)(=O)CC(C)CO. The van der Waals surface area contributed by atoms with Gasteiger partial charge in [-0.3, -0.25) is 0 Å². The Balaban J connectivity index is 3.26. The number of hydrogen-bond acceptors (Lipinski definition) is 4. The molecule has 1 atom stereocenters. The van der Waals surface area contributed by atoms with Gasteiger partial charge in [0.05, 0.1) is 16.2 Å². The van der Waals surface area contributed by atoms with E-state index in [-0.39, 0.29) is 34.3 Å². The van der Waals surface area contributed by atoms with Gasteiger partial charge in [-0.2, -0.15) is 0 Å². The van der Waals surface area contributed by atoms with Crippen molar-refractivity contribution in [2.75, 3.05) is 12.4 Å². The predicted molar refractivity (Wildman–Crippen MR) is 66.4 cm³/mol. The Hall–Kier alpha value is -1.40. The number of rotatable bonds is 5. The van der Waals surface area contributed by atoms with Gasteiger partial charge in [0.1, 0.15) is 0 Å². The standard InChI is InChI=1S/C12H16O5S/c1-8(6-13)7-18(16,17)11-5-3-4-10(9(11)2)12(14)15/h3-5,8,13H,6-7H2,1-2H3,(H,14,15). The van der Waals surface area contributed by atoms with Gasteiger partial charge in [0, 0.05) is 6.61 Å². The quantitative estimate of drug-likeness (QED) is 0.837. The van der Waals surface area contributed by atoms with Crippen molar-refractivity contribution >= 4 is 15.8 Å². The van der Waals surface area contributed by atoms with Crippen LogP contribution in [0.4, 0.5) is 0 Å². The van der Waals surface area contributed by atoms with Crippen LogP contribution in [0.1, 0.15) is 22.8 Å². The molecule has 5 nitrogen and oxygen atoms in total. The van der Waals surface area contributed by atoms with Crippen LogP contribution >= 0.6 is 0 Å². The van der Waals surface area contributed by atoms with E-state index in [1.54, 1.807) is 6.92 Å². The van der Waals surface area contributed by atoms with E-state index < -0.39 is 15.8 Å². The monoisotopic (exact) mass is 272 g/mol. The molecule has 0 heterocycles. The van der Waals surface area contributed by atoms with Gasteiger partial charge < -0.3 is 10.2 Å². The van der Waals surface area contributed by atoms with Gasteiger partial charge in [-0.15, -0.1) is 0 Å². The third kappa shape index (κ3) is 3.08. The first-order chi connectivity index (χ1) is 8.29. The number of aliphatic hydroxyl groups excluding tert-OH is 1. The van der Waals surface area contributed by atoms with E-state index in [1.165, 1.54) is 25.1 Å². The number of hydrogen-bond donors (Lipinski definition) is 2. The van der Waals surface area contributed by atoms with Crippen molar-refractivity contribution in [2.24, 2.45) is 5.92 Å². The topological polar surface area (TPSA) is 91.7 Å². The molecule has 0 spiro atoms. The maximum absolute atomic E-state index is 12.1. The molecule has 0 aliphatic heterocycles. The summed E-state index contributed by atoms with van der Waals surface area (Å²) >= 11 is 0. The minimum Gasteiger partial charge on any atom is -0.478 e. The molecule has 18 heavy (non-hydrogen) atoms. The zero-order chi connectivity index (χ0) is 13.9. The van der Waals surface area contributed by atoms with Crippen LogP contribution in [0.15, 0.2) is 23.1 Å². The highest BCUT2D eigenvalue weighted by Gasteiger charge is 2.22. The molecule has 0 aliphatic rings. The molecular weight excluding hydrogens is 256 g/mol. The summed E-state index contributed by atoms with van der Waals surface area (Å²) in [5, 5.41) is 17.8. The molecule has 6 heteroatoms. The van der Waals surface area contributed by atoms with Crippen molar-refractivity contribution in [2.45, 2.75) is 18.7 Å². The third-order valence-corrected chi connectivity index (χ3v) is 4.79. The smallest absolute Gasteiger partial charge is 0.335 e. The fraction of sp³-hybridized carbons (Fsp3) is 0.417. The molecule has 0 bridgehead atoms. The maximum atomic E-state index is 12.1. The molecule has 1 unspecified atom stereocenters. The molecule has 0 saturated heterocycles. The van der Waals surface area contributed by atoms with E-state index in [0.29, 0.717) is 0 Å². The zero-order valence-corrected chi connectivity index (χ0v) is 11.1. The lowest BCUT2D eigenvalue weighted by molar-refractivity contribution is 0.0696. The summed E-state index contributed by atoms with van der Waals surface area (Å²) in [4.78, 5) is 11.0. The molecule has 1 rings (SSSR count). The van der Waals surface area contributed by atoms with Crippen LogP contribution in [0.2, 0.25) is 0 Å². The number of carbonyl (C=O) groups is 1. The Morgan fingerprint density at radius 2 is 2.00 bits per heavy atom. The summed E-state index contributed by atoms with van der Waals surface area (Å²) < 4.78 is 24.2. The molecule has 0 radical (unpaired) electrons. The van der Waals surface area contributed by atoms with E-state index in [0.717, 1.165) is 0 Å². The molecule has 1 aromatic carbocycles. The van der Waals surface area contributed by atoms with Gasteiger partial charge in [0.15, 0.2) is 9.84 Å². The lowest BCUT2D eigenvalue weighted by atomic mass is 10.1. The molecule has 0 fully saturated rings. The fourth-order valence-electron chi connectivity index (χ4n) is 1.70. The molecule has 100 valence electrons.